The summed E-state index contributed by atoms with van der Waals surface area (Å²) < 4.78 is 58.9. The summed E-state index contributed by atoms with van der Waals surface area (Å²) in [4.78, 5) is 13.6. The van der Waals surface area contributed by atoms with E-state index in [0.717, 1.165) is 16.4 Å². The fraction of sp³-hybridized carbons (Fsp3) is 0.562. The van der Waals surface area contributed by atoms with Gasteiger partial charge in [0.05, 0.1) is 19.1 Å². The zero-order chi connectivity index (χ0) is 18.0. The van der Waals surface area contributed by atoms with Crippen molar-refractivity contribution in [3.63, 3.8) is 0 Å². The zero-order valence-corrected chi connectivity index (χ0v) is 14.5. The van der Waals surface area contributed by atoms with Crippen molar-refractivity contribution in [2.75, 3.05) is 39.4 Å². The first-order valence-electron chi connectivity index (χ1n) is 8.21. The summed E-state index contributed by atoms with van der Waals surface area (Å²) in [6, 6.07) is 2.34. The van der Waals surface area contributed by atoms with Crippen molar-refractivity contribution >= 4 is 15.9 Å². The molecule has 0 saturated carbocycles. The number of carbonyl (C=O) groups is 1. The predicted octanol–water partition coefficient (Wildman–Crippen LogP) is 1.22. The highest BCUT2D eigenvalue weighted by Gasteiger charge is 2.36. The number of hydrogen-bond acceptors (Lipinski definition) is 4. The fourth-order valence-electron chi connectivity index (χ4n) is 3.22. The van der Waals surface area contributed by atoms with E-state index in [1.165, 1.54) is 0 Å². The predicted molar refractivity (Wildman–Crippen MR) is 85.2 cm³/mol. The topological polar surface area (TPSA) is 66.9 Å². The lowest BCUT2D eigenvalue weighted by atomic mass is 9.98. The molecule has 2 aliphatic rings. The van der Waals surface area contributed by atoms with E-state index < -0.39 is 32.5 Å². The molecule has 0 spiro atoms. The van der Waals surface area contributed by atoms with Crippen LogP contribution in [0.3, 0.4) is 0 Å². The van der Waals surface area contributed by atoms with Crippen molar-refractivity contribution in [2.24, 2.45) is 5.92 Å². The van der Waals surface area contributed by atoms with Crippen LogP contribution in [0.25, 0.3) is 0 Å². The van der Waals surface area contributed by atoms with Crippen LogP contribution in [0, 0.1) is 17.6 Å². The number of ether oxygens (including phenoxy) is 1. The van der Waals surface area contributed by atoms with Crippen LogP contribution in [0.15, 0.2) is 23.1 Å². The molecule has 1 atom stereocenters. The van der Waals surface area contributed by atoms with E-state index in [0.29, 0.717) is 45.2 Å². The Labute approximate surface area is 145 Å². The number of rotatable bonds is 3. The van der Waals surface area contributed by atoms with Gasteiger partial charge in [-0.1, -0.05) is 0 Å². The highest BCUT2D eigenvalue weighted by Crippen LogP contribution is 2.27. The van der Waals surface area contributed by atoms with Gasteiger partial charge in [0.25, 0.3) is 0 Å². The summed E-state index contributed by atoms with van der Waals surface area (Å²) in [7, 11) is -4.19. The Bertz CT molecular complexity index is 751. The highest BCUT2D eigenvalue weighted by atomic mass is 32.2. The Balaban J connectivity index is 1.78. The number of morpholine rings is 1. The number of benzene rings is 1. The van der Waals surface area contributed by atoms with Crippen LogP contribution < -0.4 is 0 Å². The van der Waals surface area contributed by atoms with E-state index in [2.05, 4.69) is 0 Å². The lowest BCUT2D eigenvalue weighted by Gasteiger charge is -2.35. The molecule has 25 heavy (non-hydrogen) atoms. The smallest absolute Gasteiger partial charge is 0.246 e. The second kappa shape index (κ2) is 7.35. The minimum atomic E-state index is -4.19. The number of nitrogens with zero attached hydrogens (tertiary/aromatic N) is 2. The molecule has 138 valence electrons. The van der Waals surface area contributed by atoms with E-state index >= 15 is 0 Å². The third-order valence-electron chi connectivity index (χ3n) is 4.57. The molecular weight excluding hydrogens is 354 g/mol. The summed E-state index contributed by atoms with van der Waals surface area (Å²) in [5.41, 5.74) is 0. The summed E-state index contributed by atoms with van der Waals surface area (Å²) >= 11 is 0. The first kappa shape index (κ1) is 18.2. The average Bonchev–Trinajstić information content (AvgIpc) is 2.64. The minimum absolute atomic E-state index is 0.0194. The molecule has 1 amide bonds. The van der Waals surface area contributed by atoms with Gasteiger partial charge in [-0.3, -0.25) is 4.79 Å². The van der Waals surface area contributed by atoms with Crippen LogP contribution in [0.1, 0.15) is 12.8 Å². The third-order valence-corrected chi connectivity index (χ3v) is 6.45. The highest BCUT2D eigenvalue weighted by molar-refractivity contribution is 7.89. The van der Waals surface area contributed by atoms with Crippen LogP contribution in [0.4, 0.5) is 8.78 Å². The average molecular weight is 374 g/mol. The van der Waals surface area contributed by atoms with E-state index in [-0.39, 0.29) is 19.0 Å². The summed E-state index contributed by atoms with van der Waals surface area (Å²) in [6.07, 6.45) is 1.07. The van der Waals surface area contributed by atoms with Crippen molar-refractivity contribution in [3.05, 3.63) is 29.8 Å². The summed E-state index contributed by atoms with van der Waals surface area (Å²) in [6.45, 7) is 2.07. The van der Waals surface area contributed by atoms with Gasteiger partial charge in [0.15, 0.2) is 0 Å². The molecular formula is C16H20F2N2O4S. The lowest BCUT2D eigenvalue weighted by Crippen LogP contribution is -2.49. The van der Waals surface area contributed by atoms with E-state index in [1.807, 2.05) is 0 Å². The Kier molecular flexibility index (Phi) is 5.35. The number of halogens is 2. The van der Waals surface area contributed by atoms with Gasteiger partial charge in [-0.15, -0.1) is 0 Å². The maximum Gasteiger partial charge on any atom is 0.246 e. The first-order chi connectivity index (χ1) is 11.9. The second-order valence-electron chi connectivity index (χ2n) is 6.21. The molecule has 0 bridgehead atoms. The van der Waals surface area contributed by atoms with Crippen LogP contribution in [0.5, 0.6) is 0 Å². The SMILES string of the molecule is O=C(C1CCCN(S(=O)(=O)c2cc(F)ccc2F)C1)N1CCOCC1. The van der Waals surface area contributed by atoms with Gasteiger partial charge in [0, 0.05) is 26.2 Å². The largest absolute Gasteiger partial charge is 0.378 e. The van der Waals surface area contributed by atoms with E-state index in [1.54, 1.807) is 4.90 Å². The zero-order valence-electron chi connectivity index (χ0n) is 13.7. The second-order valence-corrected chi connectivity index (χ2v) is 8.12. The molecule has 2 aliphatic heterocycles. The normalized spacial score (nSPS) is 22.8. The maximum absolute atomic E-state index is 13.9. The van der Waals surface area contributed by atoms with Gasteiger partial charge in [0.1, 0.15) is 16.5 Å². The number of hydrogen-bond donors (Lipinski definition) is 0. The Morgan fingerprint density at radius 3 is 2.60 bits per heavy atom. The number of piperidine rings is 1. The molecule has 0 radical (unpaired) electrons. The Morgan fingerprint density at radius 2 is 1.88 bits per heavy atom. The van der Waals surface area contributed by atoms with Gasteiger partial charge < -0.3 is 9.64 Å². The number of carbonyl (C=O) groups excluding carboxylic acids is 1. The monoisotopic (exact) mass is 374 g/mol. The van der Waals surface area contributed by atoms with Crippen LogP contribution in [-0.4, -0.2) is 62.9 Å². The van der Waals surface area contributed by atoms with Gasteiger partial charge >= 0.3 is 0 Å². The van der Waals surface area contributed by atoms with Gasteiger partial charge in [-0.25, -0.2) is 17.2 Å². The fourth-order valence-corrected chi connectivity index (χ4v) is 4.82. The molecule has 9 heteroatoms. The molecule has 6 nitrogen and oxygen atoms in total. The van der Waals surface area contributed by atoms with Crippen molar-refractivity contribution in [3.8, 4) is 0 Å². The maximum atomic E-state index is 13.9. The van der Waals surface area contributed by atoms with Crippen LogP contribution in [0.2, 0.25) is 0 Å². The molecule has 2 heterocycles. The summed E-state index contributed by atoms with van der Waals surface area (Å²) in [5, 5.41) is 0. The van der Waals surface area contributed by atoms with Crippen molar-refractivity contribution in [2.45, 2.75) is 17.7 Å². The number of sulfonamides is 1. The molecule has 2 saturated heterocycles. The van der Waals surface area contributed by atoms with Crippen molar-refractivity contribution in [1.82, 2.24) is 9.21 Å². The third kappa shape index (κ3) is 3.83. The molecule has 0 aromatic heterocycles. The first-order valence-corrected chi connectivity index (χ1v) is 9.65. The van der Waals surface area contributed by atoms with E-state index in [9.17, 15) is 22.0 Å². The molecule has 1 aromatic rings. The van der Waals surface area contributed by atoms with Gasteiger partial charge in [-0.2, -0.15) is 4.31 Å². The molecule has 2 fully saturated rings. The Morgan fingerprint density at radius 1 is 1.16 bits per heavy atom. The van der Waals surface area contributed by atoms with Crippen molar-refractivity contribution in [1.29, 1.82) is 0 Å². The standard InChI is InChI=1S/C16H20F2N2O4S/c17-13-3-4-14(18)15(10-13)25(22,23)20-5-1-2-12(11-20)16(21)19-6-8-24-9-7-19/h3-4,10,12H,1-2,5-9,11H2. The molecule has 1 aromatic carbocycles. The van der Waals surface area contributed by atoms with E-state index in [4.69, 9.17) is 4.74 Å². The molecule has 3 rings (SSSR count). The minimum Gasteiger partial charge on any atom is -0.378 e. The summed E-state index contributed by atoms with van der Waals surface area (Å²) in [5.74, 6) is -2.40. The van der Waals surface area contributed by atoms with Gasteiger partial charge in [-0.05, 0) is 31.0 Å². The van der Waals surface area contributed by atoms with Crippen LogP contribution >= 0.6 is 0 Å². The lowest BCUT2D eigenvalue weighted by molar-refractivity contribution is -0.140. The van der Waals surface area contributed by atoms with Gasteiger partial charge in [0.2, 0.25) is 15.9 Å². The Hall–Kier alpha value is -1.58. The quantitative estimate of drug-likeness (QED) is 0.798. The van der Waals surface area contributed by atoms with Crippen LogP contribution in [-0.2, 0) is 19.6 Å². The molecule has 0 aliphatic carbocycles. The molecule has 0 N–H and O–H groups in total. The molecule has 1 unspecified atom stereocenters. The van der Waals surface area contributed by atoms with Crippen molar-refractivity contribution < 1.29 is 26.7 Å². The number of amides is 1.